The summed E-state index contributed by atoms with van der Waals surface area (Å²) in [6.07, 6.45) is 1.99. The number of nitrogens with zero attached hydrogens (tertiary/aromatic N) is 1. The Morgan fingerprint density at radius 3 is 2.14 bits per heavy atom. The average molecular weight is 389 g/mol. The van der Waals surface area contributed by atoms with Crippen LogP contribution in [0.15, 0.2) is 84.9 Å². The molecule has 3 aromatic rings. The van der Waals surface area contributed by atoms with Crippen LogP contribution in [0, 0.1) is 0 Å². The zero-order valence-electron chi connectivity index (χ0n) is 16.9. The lowest BCUT2D eigenvalue weighted by Crippen LogP contribution is -2.31. The van der Waals surface area contributed by atoms with Crippen molar-refractivity contribution in [1.29, 1.82) is 0 Å². The van der Waals surface area contributed by atoms with Crippen molar-refractivity contribution >= 4 is 11.6 Å². The number of carbonyl (C=O) groups is 1. The standard InChI is InChI=1S/C25H28N2O2/c1-27(20-22-11-6-3-7-12-22)25(28)19-26-23-14-16-24(17-15-23)29-18-8-13-21-9-4-2-5-10-21/h2-7,9-12,14-17,26H,8,13,18-20H2,1H3. The van der Waals surface area contributed by atoms with Crippen LogP contribution in [0.5, 0.6) is 5.75 Å². The van der Waals surface area contributed by atoms with E-state index in [9.17, 15) is 4.79 Å². The molecule has 0 heterocycles. The molecule has 0 aliphatic heterocycles. The summed E-state index contributed by atoms with van der Waals surface area (Å²) >= 11 is 0. The van der Waals surface area contributed by atoms with Gasteiger partial charge in [-0.25, -0.2) is 0 Å². The highest BCUT2D eigenvalue weighted by atomic mass is 16.5. The molecule has 3 aromatic carbocycles. The van der Waals surface area contributed by atoms with E-state index in [1.165, 1.54) is 5.56 Å². The maximum Gasteiger partial charge on any atom is 0.241 e. The summed E-state index contributed by atoms with van der Waals surface area (Å²) in [5.41, 5.74) is 3.36. The van der Waals surface area contributed by atoms with Gasteiger partial charge in [-0.15, -0.1) is 0 Å². The molecule has 0 fully saturated rings. The van der Waals surface area contributed by atoms with Crippen molar-refractivity contribution in [2.24, 2.45) is 0 Å². The Morgan fingerprint density at radius 2 is 1.48 bits per heavy atom. The first-order valence-electron chi connectivity index (χ1n) is 9.99. The van der Waals surface area contributed by atoms with Crippen molar-refractivity contribution in [1.82, 2.24) is 4.90 Å². The first-order valence-corrected chi connectivity index (χ1v) is 9.99. The lowest BCUT2D eigenvalue weighted by Gasteiger charge is -2.18. The molecule has 3 rings (SSSR count). The van der Waals surface area contributed by atoms with Crippen molar-refractivity contribution in [3.63, 3.8) is 0 Å². The topological polar surface area (TPSA) is 41.6 Å². The number of rotatable bonds is 10. The highest BCUT2D eigenvalue weighted by Crippen LogP contribution is 2.16. The van der Waals surface area contributed by atoms with Gasteiger partial charge in [-0.3, -0.25) is 4.79 Å². The van der Waals surface area contributed by atoms with E-state index in [2.05, 4.69) is 29.6 Å². The van der Waals surface area contributed by atoms with Gasteiger partial charge in [0, 0.05) is 19.3 Å². The summed E-state index contributed by atoms with van der Waals surface area (Å²) in [4.78, 5) is 14.0. The normalized spacial score (nSPS) is 10.4. The van der Waals surface area contributed by atoms with Crippen LogP contribution in [0.1, 0.15) is 17.5 Å². The highest BCUT2D eigenvalue weighted by molar-refractivity contribution is 5.80. The molecule has 0 atom stereocenters. The molecule has 4 heteroatoms. The van der Waals surface area contributed by atoms with Gasteiger partial charge in [0.15, 0.2) is 0 Å². The van der Waals surface area contributed by atoms with Crippen molar-refractivity contribution in [2.75, 3.05) is 25.5 Å². The predicted molar refractivity (Wildman–Crippen MR) is 118 cm³/mol. The Hall–Kier alpha value is -3.27. The molecule has 29 heavy (non-hydrogen) atoms. The first-order chi connectivity index (χ1) is 14.2. The minimum absolute atomic E-state index is 0.0510. The number of likely N-dealkylation sites (N-methyl/N-ethyl adjacent to an activating group) is 1. The van der Waals surface area contributed by atoms with Crippen LogP contribution < -0.4 is 10.1 Å². The van der Waals surface area contributed by atoms with Gasteiger partial charge in [0.05, 0.1) is 13.2 Å². The van der Waals surface area contributed by atoms with Crippen LogP contribution in [-0.4, -0.2) is 31.0 Å². The number of anilines is 1. The zero-order chi connectivity index (χ0) is 20.3. The number of benzene rings is 3. The Labute approximate surface area is 173 Å². The molecule has 150 valence electrons. The molecule has 0 spiro atoms. The van der Waals surface area contributed by atoms with Gasteiger partial charge < -0.3 is 15.0 Å². The zero-order valence-corrected chi connectivity index (χ0v) is 16.9. The SMILES string of the molecule is CN(Cc1ccccc1)C(=O)CNc1ccc(OCCCc2ccccc2)cc1. The minimum atomic E-state index is 0.0510. The fourth-order valence-electron chi connectivity index (χ4n) is 3.04. The summed E-state index contributed by atoms with van der Waals surface area (Å²) in [6.45, 7) is 1.56. The maximum atomic E-state index is 12.3. The molecule has 0 aliphatic carbocycles. The van der Waals surface area contributed by atoms with E-state index < -0.39 is 0 Å². The molecule has 0 saturated heterocycles. The number of carbonyl (C=O) groups excluding carboxylic acids is 1. The highest BCUT2D eigenvalue weighted by Gasteiger charge is 2.09. The molecule has 0 aliphatic rings. The molecular weight excluding hydrogens is 360 g/mol. The second-order valence-electron chi connectivity index (χ2n) is 7.05. The van der Waals surface area contributed by atoms with Crippen molar-refractivity contribution < 1.29 is 9.53 Å². The van der Waals surface area contributed by atoms with E-state index in [0.717, 1.165) is 29.8 Å². The number of nitrogens with one attached hydrogen (secondary N) is 1. The molecule has 0 bridgehead atoms. The van der Waals surface area contributed by atoms with Crippen molar-refractivity contribution in [3.05, 3.63) is 96.1 Å². The van der Waals surface area contributed by atoms with E-state index in [1.54, 1.807) is 4.90 Å². The first kappa shape index (κ1) is 20.5. The van der Waals surface area contributed by atoms with Crippen LogP contribution in [-0.2, 0) is 17.8 Å². The summed E-state index contributed by atoms with van der Waals surface area (Å²) in [5, 5.41) is 3.18. The van der Waals surface area contributed by atoms with Gasteiger partial charge >= 0.3 is 0 Å². The van der Waals surface area contributed by atoms with Crippen molar-refractivity contribution in [3.8, 4) is 5.75 Å². The molecule has 0 unspecified atom stereocenters. The van der Waals surface area contributed by atoms with Crippen LogP contribution in [0.25, 0.3) is 0 Å². The third kappa shape index (κ3) is 7.00. The molecular formula is C25H28N2O2. The lowest BCUT2D eigenvalue weighted by molar-refractivity contribution is -0.128. The van der Waals surface area contributed by atoms with Gasteiger partial charge in [-0.2, -0.15) is 0 Å². The van der Waals surface area contributed by atoms with E-state index in [0.29, 0.717) is 13.2 Å². The Kier molecular flexibility index (Phi) is 7.70. The van der Waals surface area contributed by atoms with E-state index in [1.807, 2.05) is 67.7 Å². The number of hydrogen-bond acceptors (Lipinski definition) is 3. The number of amides is 1. The second kappa shape index (κ2) is 10.9. The van der Waals surface area contributed by atoms with Crippen LogP contribution >= 0.6 is 0 Å². The third-order valence-corrected chi connectivity index (χ3v) is 4.71. The fraction of sp³-hybridized carbons (Fsp3) is 0.240. The molecule has 4 nitrogen and oxygen atoms in total. The summed E-state index contributed by atoms with van der Waals surface area (Å²) in [5.74, 6) is 0.895. The van der Waals surface area contributed by atoms with E-state index in [-0.39, 0.29) is 12.5 Å². The Morgan fingerprint density at radius 1 is 0.862 bits per heavy atom. The van der Waals surface area contributed by atoms with E-state index in [4.69, 9.17) is 4.74 Å². The van der Waals surface area contributed by atoms with Gasteiger partial charge in [-0.05, 0) is 48.2 Å². The number of hydrogen-bond donors (Lipinski definition) is 1. The Bertz CT molecular complexity index is 864. The van der Waals surface area contributed by atoms with Gasteiger partial charge in [0.25, 0.3) is 0 Å². The summed E-state index contributed by atoms with van der Waals surface area (Å²) in [7, 11) is 1.82. The number of aryl methyl sites for hydroxylation is 1. The minimum Gasteiger partial charge on any atom is -0.494 e. The Balaban J connectivity index is 1.36. The molecule has 0 saturated carbocycles. The third-order valence-electron chi connectivity index (χ3n) is 4.71. The number of ether oxygens (including phenoxy) is 1. The van der Waals surface area contributed by atoms with Gasteiger partial charge in [0.2, 0.25) is 5.91 Å². The van der Waals surface area contributed by atoms with Gasteiger partial charge in [0.1, 0.15) is 5.75 Å². The summed E-state index contributed by atoms with van der Waals surface area (Å²) in [6, 6.07) is 28.2. The quantitative estimate of drug-likeness (QED) is 0.509. The van der Waals surface area contributed by atoms with Crippen LogP contribution in [0.4, 0.5) is 5.69 Å². The molecule has 0 radical (unpaired) electrons. The van der Waals surface area contributed by atoms with E-state index >= 15 is 0 Å². The van der Waals surface area contributed by atoms with Crippen LogP contribution in [0.3, 0.4) is 0 Å². The summed E-state index contributed by atoms with van der Waals surface area (Å²) < 4.78 is 5.81. The molecule has 1 N–H and O–H groups in total. The molecule has 0 aromatic heterocycles. The second-order valence-corrected chi connectivity index (χ2v) is 7.05. The average Bonchev–Trinajstić information content (AvgIpc) is 2.77. The van der Waals surface area contributed by atoms with Gasteiger partial charge in [-0.1, -0.05) is 60.7 Å². The van der Waals surface area contributed by atoms with Crippen LogP contribution in [0.2, 0.25) is 0 Å². The predicted octanol–water partition coefficient (Wildman–Crippen LogP) is 4.77. The smallest absolute Gasteiger partial charge is 0.241 e. The monoisotopic (exact) mass is 388 g/mol. The fourth-order valence-corrected chi connectivity index (χ4v) is 3.04. The molecule has 1 amide bonds. The lowest BCUT2D eigenvalue weighted by atomic mass is 10.1. The largest absolute Gasteiger partial charge is 0.494 e. The maximum absolute atomic E-state index is 12.3. The van der Waals surface area contributed by atoms with Crippen molar-refractivity contribution in [2.45, 2.75) is 19.4 Å².